The van der Waals surface area contributed by atoms with Gasteiger partial charge in [-0.1, -0.05) is 25.1 Å². The molecule has 2 aromatic carbocycles. The number of hydrogen-bond acceptors (Lipinski definition) is 6. The summed E-state index contributed by atoms with van der Waals surface area (Å²) >= 11 is 0. The lowest BCUT2D eigenvalue weighted by Gasteiger charge is -2.04. The first-order valence-electron chi connectivity index (χ1n) is 8.28. The normalized spacial score (nSPS) is 11.7. The third-order valence-electron chi connectivity index (χ3n) is 3.88. The van der Waals surface area contributed by atoms with Gasteiger partial charge >= 0.3 is 0 Å². The Morgan fingerprint density at radius 1 is 0.852 bits per heavy atom. The van der Waals surface area contributed by atoms with E-state index in [-0.39, 0.29) is 35.2 Å². The molecule has 0 bridgehead atoms. The molecule has 27 heavy (non-hydrogen) atoms. The SMILES string of the molecule is CC/C(=C\c1ccc(O)c(O)c1)C(=O)CC(=O)/C=C/c1ccc(O)c(O)c1. The van der Waals surface area contributed by atoms with E-state index in [0.29, 0.717) is 23.1 Å². The Morgan fingerprint density at radius 3 is 1.96 bits per heavy atom. The summed E-state index contributed by atoms with van der Waals surface area (Å²) in [7, 11) is 0. The van der Waals surface area contributed by atoms with Crippen molar-refractivity contribution in [3.63, 3.8) is 0 Å². The Kier molecular flexibility index (Phi) is 6.38. The monoisotopic (exact) mass is 368 g/mol. The van der Waals surface area contributed by atoms with E-state index in [0.717, 1.165) is 0 Å². The number of carbonyl (C=O) groups is 2. The van der Waals surface area contributed by atoms with E-state index >= 15 is 0 Å². The lowest BCUT2D eigenvalue weighted by atomic mass is 10.0. The lowest BCUT2D eigenvalue weighted by Crippen LogP contribution is -2.08. The molecule has 0 spiro atoms. The summed E-state index contributed by atoms with van der Waals surface area (Å²) in [6.07, 6.45) is 4.34. The van der Waals surface area contributed by atoms with Crippen molar-refractivity contribution in [2.24, 2.45) is 0 Å². The molecule has 0 aliphatic heterocycles. The molecule has 0 fully saturated rings. The zero-order valence-corrected chi connectivity index (χ0v) is 14.7. The van der Waals surface area contributed by atoms with E-state index in [1.807, 2.05) is 0 Å². The van der Waals surface area contributed by atoms with Gasteiger partial charge in [0, 0.05) is 0 Å². The molecule has 4 N–H and O–H groups in total. The van der Waals surface area contributed by atoms with Crippen molar-refractivity contribution < 1.29 is 30.0 Å². The van der Waals surface area contributed by atoms with Crippen LogP contribution in [0.25, 0.3) is 12.2 Å². The number of phenols is 4. The van der Waals surface area contributed by atoms with Gasteiger partial charge in [-0.05, 0) is 59.5 Å². The van der Waals surface area contributed by atoms with Crippen LogP contribution in [0.15, 0.2) is 48.0 Å². The predicted octanol–water partition coefficient (Wildman–Crippen LogP) is 3.54. The maximum Gasteiger partial charge on any atom is 0.166 e. The lowest BCUT2D eigenvalue weighted by molar-refractivity contribution is -0.122. The first-order valence-corrected chi connectivity index (χ1v) is 8.28. The fourth-order valence-corrected chi connectivity index (χ4v) is 2.38. The minimum atomic E-state index is -0.402. The molecule has 2 aromatic rings. The number of rotatable bonds is 7. The van der Waals surface area contributed by atoms with Crippen molar-refractivity contribution in [2.45, 2.75) is 19.8 Å². The largest absolute Gasteiger partial charge is 0.504 e. The van der Waals surface area contributed by atoms with Crippen LogP contribution in [0.5, 0.6) is 23.0 Å². The van der Waals surface area contributed by atoms with Crippen molar-refractivity contribution in [1.82, 2.24) is 0 Å². The highest BCUT2D eigenvalue weighted by Crippen LogP contribution is 2.27. The average molecular weight is 368 g/mol. The number of phenolic OH excluding ortho intramolecular Hbond substituents is 4. The van der Waals surface area contributed by atoms with Crippen molar-refractivity contribution in [3.05, 3.63) is 59.2 Å². The predicted molar refractivity (Wildman–Crippen MR) is 101 cm³/mol. The van der Waals surface area contributed by atoms with Gasteiger partial charge in [0.05, 0.1) is 6.42 Å². The van der Waals surface area contributed by atoms with E-state index in [1.54, 1.807) is 19.1 Å². The molecule has 0 aromatic heterocycles. The van der Waals surface area contributed by atoms with Gasteiger partial charge in [0.1, 0.15) is 0 Å². The molecule has 0 saturated carbocycles. The van der Waals surface area contributed by atoms with Crippen molar-refractivity contribution >= 4 is 23.7 Å². The molecule has 140 valence electrons. The minimum absolute atomic E-state index is 0.253. The van der Waals surface area contributed by atoms with Crippen LogP contribution in [0, 0.1) is 0 Å². The number of aromatic hydroxyl groups is 4. The van der Waals surface area contributed by atoms with E-state index in [9.17, 15) is 30.0 Å². The Hall–Kier alpha value is -3.54. The summed E-state index contributed by atoms with van der Waals surface area (Å²) in [5.41, 5.74) is 1.47. The molecule has 0 amide bonds. The number of hydrogen-bond donors (Lipinski definition) is 4. The summed E-state index contributed by atoms with van der Waals surface area (Å²) in [5.74, 6) is -1.84. The average Bonchev–Trinajstić information content (AvgIpc) is 2.63. The molecule has 0 aliphatic carbocycles. The Balaban J connectivity index is 2.07. The van der Waals surface area contributed by atoms with E-state index in [4.69, 9.17) is 0 Å². The molecule has 6 nitrogen and oxygen atoms in total. The number of carbonyl (C=O) groups excluding carboxylic acids is 2. The van der Waals surface area contributed by atoms with Crippen molar-refractivity contribution in [1.29, 1.82) is 0 Å². The molecule has 0 radical (unpaired) electrons. The van der Waals surface area contributed by atoms with Crippen molar-refractivity contribution in [3.8, 4) is 23.0 Å². The highest BCUT2D eigenvalue weighted by molar-refractivity contribution is 6.13. The van der Waals surface area contributed by atoms with Crippen LogP contribution >= 0.6 is 0 Å². The Morgan fingerprint density at radius 2 is 1.41 bits per heavy atom. The molecule has 0 saturated heterocycles. The summed E-state index contributed by atoms with van der Waals surface area (Å²) in [6.45, 7) is 1.78. The number of ketones is 2. The Labute approximate surface area is 156 Å². The van der Waals surface area contributed by atoms with Gasteiger partial charge in [-0.3, -0.25) is 9.59 Å². The Bertz CT molecular complexity index is 924. The molecular weight excluding hydrogens is 348 g/mol. The molecule has 6 heteroatoms. The van der Waals surface area contributed by atoms with E-state index in [1.165, 1.54) is 42.5 Å². The third kappa shape index (κ3) is 5.47. The van der Waals surface area contributed by atoms with Gasteiger partial charge in [0.15, 0.2) is 34.6 Å². The molecular formula is C21H20O6. The minimum Gasteiger partial charge on any atom is -0.504 e. The molecule has 2 rings (SSSR count). The second-order valence-electron chi connectivity index (χ2n) is 5.92. The van der Waals surface area contributed by atoms with Gasteiger partial charge in [-0.2, -0.15) is 0 Å². The maximum absolute atomic E-state index is 12.3. The second-order valence-corrected chi connectivity index (χ2v) is 5.92. The molecule has 0 atom stereocenters. The van der Waals surface area contributed by atoms with Gasteiger partial charge in [0.2, 0.25) is 0 Å². The zero-order chi connectivity index (χ0) is 20.0. The molecule has 0 unspecified atom stereocenters. The highest BCUT2D eigenvalue weighted by Gasteiger charge is 2.12. The van der Waals surface area contributed by atoms with Crippen LogP contribution in [0.2, 0.25) is 0 Å². The van der Waals surface area contributed by atoms with Gasteiger partial charge < -0.3 is 20.4 Å². The van der Waals surface area contributed by atoms with Crippen LogP contribution in [0.3, 0.4) is 0 Å². The third-order valence-corrected chi connectivity index (χ3v) is 3.88. The highest BCUT2D eigenvalue weighted by atomic mass is 16.3. The smallest absolute Gasteiger partial charge is 0.166 e. The standard InChI is InChI=1S/C21H20O6/c1-2-15(9-14-5-8-18(24)21(27)11-14)19(25)12-16(22)6-3-13-4-7-17(23)20(26)10-13/h3-11,23-24,26-27H,2,12H2,1H3/b6-3+,15-9+. The fourth-order valence-electron chi connectivity index (χ4n) is 2.38. The fraction of sp³-hybridized carbons (Fsp3) is 0.143. The summed E-state index contributed by atoms with van der Waals surface area (Å²) in [4.78, 5) is 24.4. The van der Waals surface area contributed by atoms with E-state index in [2.05, 4.69) is 0 Å². The van der Waals surface area contributed by atoms with Gasteiger partial charge in [-0.25, -0.2) is 0 Å². The van der Waals surface area contributed by atoms with Gasteiger partial charge in [0.25, 0.3) is 0 Å². The number of allylic oxidation sites excluding steroid dienone is 2. The summed E-state index contributed by atoms with van der Waals surface area (Å²) in [5, 5.41) is 37.5. The zero-order valence-electron chi connectivity index (χ0n) is 14.7. The summed E-state index contributed by atoms with van der Waals surface area (Å²) in [6, 6.07) is 8.33. The van der Waals surface area contributed by atoms with Crippen molar-refractivity contribution in [2.75, 3.05) is 0 Å². The van der Waals surface area contributed by atoms with Crippen LogP contribution in [0.4, 0.5) is 0 Å². The number of benzene rings is 2. The first kappa shape index (κ1) is 19.8. The molecule has 0 aliphatic rings. The van der Waals surface area contributed by atoms with Crippen LogP contribution in [-0.2, 0) is 9.59 Å². The van der Waals surface area contributed by atoms with Gasteiger partial charge in [-0.15, -0.1) is 0 Å². The van der Waals surface area contributed by atoms with Crippen LogP contribution in [0.1, 0.15) is 30.9 Å². The van der Waals surface area contributed by atoms with E-state index < -0.39 is 5.78 Å². The van der Waals surface area contributed by atoms with Crippen LogP contribution in [-0.4, -0.2) is 32.0 Å². The topological polar surface area (TPSA) is 115 Å². The molecule has 0 heterocycles. The maximum atomic E-state index is 12.3. The number of Topliss-reactive ketones (excluding diaryl/α,β-unsaturated/α-hetero) is 1. The van der Waals surface area contributed by atoms with Crippen LogP contribution < -0.4 is 0 Å². The second kappa shape index (κ2) is 8.71. The summed E-state index contributed by atoms with van der Waals surface area (Å²) < 4.78 is 0. The quantitative estimate of drug-likeness (QED) is 0.337. The first-order chi connectivity index (χ1) is 12.8.